The van der Waals surface area contributed by atoms with Crippen molar-refractivity contribution in [2.75, 3.05) is 0 Å². The maximum Gasteiger partial charge on any atom is 0.338 e. The van der Waals surface area contributed by atoms with Crippen LogP contribution < -0.4 is 0 Å². The Morgan fingerprint density at radius 3 is 2.21 bits per heavy atom. The molecule has 0 unspecified atom stereocenters. The smallest absolute Gasteiger partial charge is 0.338 e. The molecular formula is C34H35N5O2S. The zero-order valence-electron chi connectivity index (χ0n) is 24.7. The van der Waals surface area contributed by atoms with Gasteiger partial charge in [-0.05, 0) is 82.1 Å². The molecule has 4 heterocycles. The minimum Gasteiger partial charge on any atom is -0.456 e. The van der Waals surface area contributed by atoms with Gasteiger partial charge in [0, 0.05) is 38.2 Å². The molecule has 0 atom stereocenters. The molecule has 0 amide bonds. The third-order valence-corrected chi connectivity index (χ3v) is 7.52. The Balaban J connectivity index is 1.38. The van der Waals surface area contributed by atoms with Gasteiger partial charge in [-0.3, -0.25) is 14.9 Å². The third kappa shape index (κ3) is 7.93. The third-order valence-electron chi connectivity index (χ3n) is 6.45. The molecule has 7 nitrogen and oxygen atoms in total. The van der Waals surface area contributed by atoms with Crippen molar-refractivity contribution in [3.05, 3.63) is 119 Å². The van der Waals surface area contributed by atoms with E-state index in [0.29, 0.717) is 25.2 Å². The molecule has 0 saturated heterocycles. The second-order valence-electron chi connectivity index (χ2n) is 11.4. The Kier molecular flexibility index (Phi) is 8.85. The van der Waals surface area contributed by atoms with E-state index in [2.05, 4.69) is 64.0 Å². The second kappa shape index (κ2) is 12.7. The molecule has 0 saturated carbocycles. The SMILES string of the molecule is Cc1ccc(-c2cnc(-c3cccc(CN(Cc4cc(C)ccn4)Cc4cc(C(=O)OC(C)(C)C)ccn4)n3)s2)cc1. The van der Waals surface area contributed by atoms with Crippen LogP contribution in [0, 0.1) is 13.8 Å². The highest BCUT2D eigenvalue weighted by molar-refractivity contribution is 7.18. The van der Waals surface area contributed by atoms with Crippen LogP contribution in [0.2, 0.25) is 0 Å². The molecule has 8 heteroatoms. The molecule has 0 N–H and O–H groups in total. The fourth-order valence-electron chi connectivity index (χ4n) is 4.50. The largest absolute Gasteiger partial charge is 0.456 e. The standard InChI is InChI=1S/C34H35N5O2S/c1-23-9-11-25(12-10-23)31-19-37-32(42-31)30-8-6-7-27(38-30)20-39(21-28-17-24(2)13-15-35-28)22-29-18-26(14-16-36-29)33(40)41-34(3,4)5/h6-19H,20-22H2,1-5H3. The number of pyridine rings is 3. The molecule has 0 aliphatic rings. The Bertz CT molecular complexity index is 1670. The quantitative estimate of drug-likeness (QED) is 0.168. The van der Waals surface area contributed by atoms with Gasteiger partial charge in [-0.25, -0.2) is 14.8 Å². The summed E-state index contributed by atoms with van der Waals surface area (Å²) in [6.45, 7) is 11.4. The molecule has 0 aliphatic carbocycles. The number of nitrogens with zero attached hydrogens (tertiary/aromatic N) is 5. The lowest BCUT2D eigenvalue weighted by atomic mass is 10.1. The molecule has 0 bridgehead atoms. The first-order chi connectivity index (χ1) is 20.1. The summed E-state index contributed by atoms with van der Waals surface area (Å²) in [6.07, 6.45) is 5.40. The number of ether oxygens (including phenoxy) is 1. The van der Waals surface area contributed by atoms with Crippen LogP contribution in [0.1, 0.15) is 59.3 Å². The van der Waals surface area contributed by atoms with Gasteiger partial charge in [0.05, 0.1) is 33.2 Å². The van der Waals surface area contributed by atoms with E-state index in [4.69, 9.17) is 9.72 Å². The molecule has 0 aliphatic heterocycles. The zero-order chi connectivity index (χ0) is 29.7. The van der Waals surface area contributed by atoms with Crippen molar-refractivity contribution < 1.29 is 9.53 Å². The molecule has 214 valence electrons. The number of thiazole rings is 1. The predicted molar refractivity (Wildman–Crippen MR) is 167 cm³/mol. The summed E-state index contributed by atoms with van der Waals surface area (Å²) in [4.78, 5) is 34.9. The van der Waals surface area contributed by atoms with E-state index >= 15 is 0 Å². The summed E-state index contributed by atoms with van der Waals surface area (Å²) in [5, 5.41) is 0.881. The van der Waals surface area contributed by atoms with E-state index in [1.165, 1.54) is 5.56 Å². The van der Waals surface area contributed by atoms with Crippen LogP contribution >= 0.6 is 11.3 Å². The Morgan fingerprint density at radius 2 is 1.50 bits per heavy atom. The van der Waals surface area contributed by atoms with Crippen LogP contribution in [0.25, 0.3) is 21.1 Å². The first-order valence-electron chi connectivity index (χ1n) is 13.9. The monoisotopic (exact) mass is 577 g/mol. The second-order valence-corrected chi connectivity index (χ2v) is 12.4. The summed E-state index contributed by atoms with van der Waals surface area (Å²) in [5.74, 6) is -0.360. The van der Waals surface area contributed by atoms with Gasteiger partial charge in [0.15, 0.2) is 0 Å². The molecule has 0 radical (unpaired) electrons. The number of carbonyl (C=O) groups is 1. The normalized spacial score (nSPS) is 11.6. The molecule has 5 rings (SSSR count). The maximum absolute atomic E-state index is 12.7. The number of hydrogen-bond acceptors (Lipinski definition) is 8. The van der Waals surface area contributed by atoms with E-state index in [1.807, 2.05) is 57.4 Å². The minimum absolute atomic E-state index is 0.360. The number of aromatic nitrogens is 4. The number of benzene rings is 1. The van der Waals surface area contributed by atoms with Crippen molar-refractivity contribution in [2.24, 2.45) is 0 Å². The van der Waals surface area contributed by atoms with Crippen molar-refractivity contribution >= 4 is 17.3 Å². The molecule has 4 aromatic heterocycles. The topological polar surface area (TPSA) is 81.1 Å². The van der Waals surface area contributed by atoms with Crippen LogP contribution in [0.3, 0.4) is 0 Å². The average molecular weight is 578 g/mol. The fraction of sp³-hybridized carbons (Fsp3) is 0.265. The van der Waals surface area contributed by atoms with Gasteiger partial charge in [-0.1, -0.05) is 35.9 Å². The molecule has 0 fully saturated rings. The van der Waals surface area contributed by atoms with E-state index < -0.39 is 5.60 Å². The van der Waals surface area contributed by atoms with Crippen LogP contribution in [0.4, 0.5) is 0 Å². The maximum atomic E-state index is 12.7. The minimum atomic E-state index is -0.571. The van der Waals surface area contributed by atoms with Gasteiger partial charge in [-0.15, -0.1) is 11.3 Å². The Morgan fingerprint density at radius 1 is 0.810 bits per heavy atom. The Hall–Kier alpha value is -4.27. The van der Waals surface area contributed by atoms with Gasteiger partial charge in [0.2, 0.25) is 0 Å². The van der Waals surface area contributed by atoms with Gasteiger partial charge in [0.25, 0.3) is 0 Å². The molecule has 1 aromatic carbocycles. The van der Waals surface area contributed by atoms with E-state index in [1.54, 1.807) is 29.7 Å². The van der Waals surface area contributed by atoms with Crippen LogP contribution in [0.15, 0.2) is 85.3 Å². The predicted octanol–water partition coefficient (Wildman–Crippen LogP) is 7.44. The molecule has 0 spiro atoms. The Labute approximate surface area is 251 Å². The van der Waals surface area contributed by atoms with Gasteiger partial charge < -0.3 is 4.74 Å². The van der Waals surface area contributed by atoms with Crippen molar-refractivity contribution in [1.29, 1.82) is 0 Å². The lowest BCUT2D eigenvalue weighted by molar-refractivity contribution is 0.00690. The highest BCUT2D eigenvalue weighted by atomic mass is 32.1. The van der Waals surface area contributed by atoms with E-state index in [-0.39, 0.29) is 5.97 Å². The molecular weight excluding hydrogens is 542 g/mol. The number of hydrogen-bond donors (Lipinski definition) is 0. The van der Waals surface area contributed by atoms with Crippen molar-refractivity contribution in [2.45, 2.75) is 59.9 Å². The number of esters is 1. The molecule has 5 aromatic rings. The van der Waals surface area contributed by atoms with Crippen LogP contribution in [-0.4, -0.2) is 36.4 Å². The van der Waals surface area contributed by atoms with E-state index in [0.717, 1.165) is 43.8 Å². The zero-order valence-corrected chi connectivity index (χ0v) is 25.5. The lowest BCUT2D eigenvalue weighted by Crippen LogP contribution is -2.25. The van der Waals surface area contributed by atoms with Crippen molar-refractivity contribution in [3.63, 3.8) is 0 Å². The first-order valence-corrected chi connectivity index (χ1v) is 14.7. The number of carbonyl (C=O) groups excluding carboxylic acids is 1. The van der Waals surface area contributed by atoms with Gasteiger partial charge >= 0.3 is 5.97 Å². The van der Waals surface area contributed by atoms with Crippen molar-refractivity contribution in [3.8, 4) is 21.1 Å². The number of aryl methyl sites for hydroxylation is 2. The molecule has 42 heavy (non-hydrogen) atoms. The first kappa shape index (κ1) is 29.2. The summed E-state index contributed by atoms with van der Waals surface area (Å²) in [6, 6.07) is 22.1. The summed E-state index contributed by atoms with van der Waals surface area (Å²) in [5.41, 5.74) is 6.92. The summed E-state index contributed by atoms with van der Waals surface area (Å²) >= 11 is 1.64. The number of rotatable bonds is 9. The average Bonchev–Trinajstić information content (AvgIpc) is 3.43. The van der Waals surface area contributed by atoms with Crippen LogP contribution in [-0.2, 0) is 24.4 Å². The summed E-state index contributed by atoms with van der Waals surface area (Å²) < 4.78 is 5.57. The van der Waals surface area contributed by atoms with Gasteiger partial charge in [0.1, 0.15) is 10.6 Å². The lowest BCUT2D eigenvalue weighted by Gasteiger charge is -2.22. The highest BCUT2D eigenvalue weighted by Gasteiger charge is 2.19. The summed E-state index contributed by atoms with van der Waals surface area (Å²) in [7, 11) is 0. The van der Waals surface area contributed by atoms with Crippen LogP contribution in [0.5, 0.6) is 0 Å². The highest BCUT2D eigenvalue weighted by Crippen LogP contribution is 2.31. The van der Waals surface area contributed by atoms with Gasteiger partial charge in [-0.2, -0.15) is 0 Å². The van der Waals surface area contributed by atoms with E-state index in [9.17, 15) is 4.79 Å². The fourth-order valence-corrected chi connectivity index (χ4v) is 5.39. The van der Waals surface area contributed by atoms with Crippen molar-refractivity contribution in [1.82, 2.24) is 24.8 Å².